The van der Waals surface area contributed by atoms with E-state index in [1.165, 1.54) is 0 Å². The van der Waals surface area contributed by atoms with Gasteiger partial charge in [-0.05, 0) is 30.7 Å². The van der Waals surface area contributed by atoms with E-state index >= 15 is 0 Å². The van der Waals surface area contributed by atoms with Gasteiger partial charge in [0, 0.05) is 6.42 Å². The lowest BCUT2D eigenvalue weighted by molar-refractivity contribution is -0.138. The largest absolute Gasteiger partial charge is 0.481 e. The van der Waals surface area contributed by atoms with E-state index in [2.05, 4.69) is 0 Å². The molecule has 16 heavy (non-hydrogen) atoms. The maximum Gasteiger partial charge on any atom is 0.303 e. The van der Waals surface area contributed by atoms with Crippen molar-refractivity contribution in [2.45, 2.75) is 31.3 Å². The van der Waals surface area contributed by atoms with E-state index in [1.807, 2.05) is 30.3 Å². The van der Waals surface area contributed by atoms with E-state index in [0.717, 1.165) is 18.4 Å². The number of carbonyl (C=O) groups is 1. The van der Waals surface area contributed by atoms with Crippen LogP contribution in [0.2, 0.25) is 0 Å². The monoisotopic (exact) mass is 220 g/mol. The van der Waals surface area contributed by atoms with Gasteiger partial charge in [0.2, 0.25) is 0 Å². The SMILES string of the molecule is O=C(O)CCC(O)(c1ccccc1)C1CC1. The summed E-state index contributed by atoms with van der Waals surface area (Å²) in [5.74, 6) is -0.621. The Bertz CT molecular complexity index is 370. The highest BCUT2D eigenvalue weighted by Crippen LogP contribution is 2.48. The number of carboxylic acid groups (broad SMARTS) is 1. The zero-order chi connectivity index (χ0) is 11.6. The fraction of sp³-hybridized carbons (Fsp3) is 0.462. The molecule has 0 aromatic heterocycles. The van der Waals surface area contributed by atoms with Gasteiger partial charge in [-0.25, -0.2) is 0 Å². The molecule has 0 radical (unpaired) electrons. The first-order valence-electron chi connectivity index (χ1n) is 5.62. The molecule has 86 valence electrons. The maximum atomic E-state index is 10.6. The van der Waals surface area contributed by atoms with Crippen LogP contribution in [0.25, 0.3) is 0 Å². The number of aliphatic hydroxyl groups is 1. The lowest BCUT2D eigenvalue weighted by Crippen LogP contribution is -2.29. The molecule has 1 aromatic carbocycles. The fourth-order valence-corrected chi connectivity index (χ4v) is 2.17. The van der Waals surface area contributed by atoms with Gasteiger partial charge in [0.25, 0.3) is 0 Å². The lowest BCUT2D eigenvalue weighted by Gasteiger charge is -2.28. The van der Waals surface area contributed by atoms with Gasteiger partial charge < -0.3 is 10.2 Å². The van der Waals surface area contributed by atoms with E-state index in [9.17, 15) is 9.90 Å². The van der Waals surface area contributed by atoms with Crippen molar-refractivity contribution in [1.82, 2.24) is 0 Å². The Hall–Kier alpha value is -1.35. The summed E-state index contributed by atoms with van der Waals surface area (Å²) >= 11 is 0. The summed E-state index contributed by atoms with van der Waals surface area (Å²) in [7, 11) is 0. The summed E-state index contributed by atoms with van der Waals surface area (Å²) in [5.41, 5.74) is -0.0987. The Kier molecular flexibility index (Phi) is 2.97. The van der Waals surface area contributed by atoms with Crippen LogP contribution in [0.3, 0.4) is 0 Å². The zero-order valence-electron chi connectivity index (χ0n) is 9.10. The molecular weight excluding hydrogens is 204 g/mol. The van der Waals surface area contributed by atoms with Crippen LogP contribution in [0.15, 0.2) is 30.3 Å². The molecule has 0 amide bonds. The number of hydrogen-bond acceptors (Lipinski definition) is 2. The molecule has 1 fully saturated rings. The molecule has 0 aliphatic heterocycles. The van der Waals surface area contributed by atoms with Gasteiger partial charge >= 0.3 is 5.97 Å². The first-order chi connectivity index (χ1) is 7.63. The van der Waals surface area contributed by atoms with Gasteiger partial charge in [0.15, 0.2) is 0 Å². The maximum absolute atomic E-state index is 10.6. The first kappa shape index (κ1) is 11.1. The molecule has 3 heteroatoms. The zero-order valence-corrected chi connectivity index (χ0v) is 9.10. The number of carboxylic acids is 1. The van der Waals surface area contributed by atoms with Gasteiger partial charge in [-0.1, -0.05) is 30.3 Å². The average Bonchev–Trinajstić information content (AvgIpc) is 3.11. The highest BCUT2D eigenvalue weighted by Gasteiger charge is 2.44. The number of benzene rings is 1. The van der Waals surface area contributed by atoms with Crippen molar-refractivity contribution in [3.63, 3.8) is 0 Å². The highest BCUT2D eigenvalue weighted by atomic mass is 16.4. The van der Waals surface area contributed by atoms with E-state index < -0.39 is 11.6 Å². The van der Waals surface area contributed by atoms with E-state index in [4.69, 9.17) is 5.11 Å². The molecule has 1 unspecified atom stereocenters. The van der Waals surface area contributed by atoms with Gasteiger partial charge in [0.1, 0.15) is 0 Å². The third kappa shape index (κ3) is 2.25. The quantitative estimate of drug-likeness (QED) is 0.799. The van der Waals surface area contributed by atoms with E-state index in [1.54, 1.807) is 0 Å². The van der Waals surface area contributed by atoms with Crippen molar-refractivity contribution >= 4 is 5.97 Å². The molecule has 0 bridgehead atoms. The van der Waals surface area contributed by atoms with Crippen molar-refractivity contribution in [3.05, 3.63) is 35.9 Å². The van der Waals surface area contributed by atoms with Crippen LogP contribution in [0, 0.1) is 5.92 Å². The summed E-state index contributed by atoms with van der Waals surface area (Å²) in [6.45, 7) is 0. The van der Waals surface area contributed by atoms with Crippen molar-refractivity contribution in [1.29, 1.82) is 0 Å². The second-order valence-corrected chi connectivity index (χ2v) is 4.46. The molecule has 2 N–H and O–H groups in total. The number of hydrogen-bond donors (Lipinski definition) is 2. The Morgan fingerprint density at radius 3 is 2.44 bits per heavy atom. The van der Waals surface area contributed by atoms with Crippen LogP contribution < -0.4 is 0 Å². The van der Waals surface area contributed by atoms with Crippen molar-refractivity contribution < 1.29 is 15.0 Å². The lowest BCUT2D eigenvalue weighted by atomic mass is 9.84. The minimum absolute atomic E-state index is 0.0158. The summed E-state index contributed by atoms with van der Waals surface area (Å²) in [4.78, 5) is 10.6. The molecule has 0 heterocycles. The molecular formula is C13H16O3. The molecule has 1 aromatic rings. The van der Waals surface area contributed by atoms with Crippen LogP contribution in [-0.4, -0.2) is 16.2 Å². The smallest absolute Gasteiger partial charge is 0.303 e. The van der Waals surface area contributed by atoms with E-state index in [0.29, 0.717) is 6.42 Å². The molecule has 2 rings (SSSR count). The highest BCUT2D eigenvalue weighted by molar-refractivity contribution is 5.66. The molecule has 1 atom stereocenters. The Morgan fingerprint density at radius 1 is 1.31 bits per heavy atom. The Labute approximate surface area is 94.7 Å². The van der Waals surface area contributed by atoms with Crippen molar-refractivity contribution in [2.75, 3.05) is 0 Å². The molecule has 1 saturated carbocycles. The minimum Gasteiger partial charge on any atom is -0.481 e. The summed E-state index contributed by atoms with van der Waals surface area (Å²) < 4.78 is 0. The Balaban J connectivity index is 2.18. The normalized spacial score (nSPS) is 19.1. The second-order valence-electron chi connectivity index (χ2n) is 4.46. The fourth-order valence-electron chi connectivity index (χ4n) is 2.17. The summed E-state index contributed by atoms with van der Waals surface area (Å²) in [6, 6.07) is 9.40. The topological polar surface area (TPSA) is 57.5 Å². The average molecular weight is 220 g/mol. The van der Waals surface area contributed by atoms with Crippen LogP contribution in [-0.2, 0) is 10.4 Å². The van der Waals surface area contributed by atoms with Gasteiger partial charge in [0.05, 0.1) is 5.60 Å². The predicted octanol–water partition coefficient (Wildman–Crippen LogP) is 2.15. The molecule has 1 aliphatic carbocycles. The molecule has 3 nitrogen and oxygen atoms in total. The van der Waals surface area contributed by atoms with Gasteiger partial charge in [-0.15, -0.1) is 0 Å². The van der Waals surface area contributed by atoms with Crippen LogP contribution in [0.5, 0.6) is 0 Å². The van der Waals surface area contributed by atoms with Crippen LogP contribution >= 0.6 is 0 Å². The molecule has 0 spiro atoms. The second kappa shape index (κ2) is 4.26. The number of rotatable bonds is 5. The van der Waals surface area contributed by atoms with Crippen molar-refractivity contribution in [2.24, 2.45) is 5.92 Å². The van der Waals surface area contributed by atoms with Crippen molar-refractivity contribution in [3.8, 4) is 0 Å². The third-order valence-electron chi connectivity index (χ3n) is 3.25. The summed E-state index contributed by atoms with van der Waals surface area (Å²) in [6.07, 6.45) is 2.30. The van der Waals surface area contributed by atoms with Gasteiger partial charge in [-0.2, -0.15) is 0 Å². The van der Waals surface area contributed by atoms with E-state index in [-0.39, 0.29) is 12.3 Å². The van der Waals surface area contributed by atoms with Crippen LogP contribution in [0.4, 0.5) is 0 Å². The summed E-state index contributed by atoms with van der Waals surface area (Å²) in [5, 5.41) is 19.3. The predicted molar refractivity (Wildman–Crippen MR) is 59.9 cm³/mol. The number of aliphatic carboxylic acids is 1. The Morgan fingerprint density at radius 2 is 1.94 bits per heavy atom. The molecule has 1 aliphatic rings. The van der Waals surface area contributed by atoms with Crippen LogP contribution in [0.1, 0.15) is 31.2 Å². The third-order valence-corrected chi connectivity index (χ3v) is 3.25. The van der Waals surface area contributed by atoms with Gasteiger partial charge in [-0.3, -0.25) is 4.79 Å². The first-order valence-corrected chi connectivity index (χ1v) is 5.62. The standard InChI is InChI=1S/C13H16O3/c14-12(15)8-9-13(16,11-6-7-11)10-4-2-1-3-5-10/h1-5,11,16H,6-9H2,(H,14,15). The minimum atomic E-state index is -0.945. The molecule has 0 saturated heterocycles.